The van der Waals surface area contributed by atoms with Gasteiger partial charge in [0, 0.05) is 18.3 Å². The topological polar surface area (TPSA) is 132 Å². The zero-order valence-corrected chi connectivity index (χ0v) is 18.2. The predicted octanol–water partition coefficient (Wildman–Crippen LogP) is 1.40. The SMILES string of the molecule is CCN(CC(=O)Nc1ccc2c(c1)OCCO2)c1c(N)n(Cc2ccccc2)c(=O)[nH]c1=O. The maximum Gasteiger partial charge on any atom is 0.330 e. The molecule has 1 aliphatic rings. The summed E-state index contributed by atoms with van der Waals surface area (Å²) >= 11 is 0. The quantitative estimate of drug-likeness (QED) is 0.495. The maximum atomic E-state index is 12.7. The molecule has 1 amide bonds. The summed E-state index contributed by atoms with van der Waals surface area (Å²) in [6.45, 7) is 3.09. The third-order valence-corrected chi connectivity index (χ3v) is 5.26. The first-order chi connectivity index (χ1) is 16.0. The normalized spacial score (nSPS) is 12.3. The van der Waals surface area contributed by atoms with Crippen molar-refractivity contribution in [1.82, 2.24) is 9.55 Å². The largest absolute Gasteiger partial charge is 0.486 e. The molecule has 0 fully saturated rings. The number of carbonyl (C=O) groups is 1. The van der Waals surface area contributed by atoms with Crippen LogP contribution in [0.15, 0.2) is 58.1 Å². The van der Waals surface area contributed by atoms with Gasteiger partial charge in [0.05, 0.1) is 13.1 Å². The fraction of sp³-hybridized carbons (Fsp3) is 0.261. The number of fused-ring (bicyclic) bond motifs is 1. The molecule has 3 aromatic rings. The van der Waals surface area contributed by atoms with Gasteiger partial charge in [0.1, 0.15) is 24.7 Å². The van der Waals surface area contributed by atoms with Crippen LogP contribution in [0.3, 0.4) is 0 Å². The Morgan fingerprint density at radius 1 is 1.12 bits per heavy atom. The number of hydrogen-bond donors (Lipinski definition) is 3. The van der Waals surface area contributed by atoms with Crippen molar-refractivity contribution >= 4 is 23.1 Å². The molecule has 0 atom stereocenters. The number of nitrogens with two attached hydrogens (primary N) is 1. The minimum absolute atomic E-state index is 0.00147. The summed E-state index contributed by atoms with van der Waals surface area (Å²) in [6, 6.07) is 14.4. The molecule has 0 unspecified atom stereocenters. The van der Waals surface area contributed by atoms with E-state index in [-0.39, 0.29) is 30.5 Å². The number of amides is 1. The van der Waals surface area contributed by atoms with Crippen molar-refractivity contribution < 1.29 is 14.3 Å². The molecule has 0 bridgehead atoms. The lowest BCUT2D eigenvalue weighted by molar-refractivity contribution is -0.115. The molecular formula is C23H25N5O5. The first-order valence-corrected chi connectivity index (χ1v) is 10.6. The molecule has 33 heavy (non-hydrogen) atoms. The molecule has 10 heteroatoms. The minimum Gasteiger partial charge on any atom is -0.486 e. The molecule has 1 aromatic heterocycles. The summed E-state index contributed by atoms with van der Waals surface area (Å²) in [6.07, 6.45) is 0. The van der Waals surface area contributed by atoms with Crippen LogP contribution >= 0.6 is 0 Å². The van der Waals surface area contributed by atoms with E-state index >= 15 is 0 Å². The number of nitrogen functional groups attached to an aromatic ring is 1. The molecule has 172 valence electrons. The van der Waals surface area contributed by atoms with Crippen LogP contribution in [0.25, 0.3) is 0 Å². The highest BCUT2D eigenvalue weighted by atomic mass is 16.6. The molecule has 4 rings (SSSR count). The maximum absolute atomic E-state index is 12.7. The second-order valence-electron chi connectivity index (χ2n) is 7.49. The van der Waals surface area contributed by atoms with E-state index in [2.05, 4.69) is 10.3 Å². The zero-order chi connectivity index (χ0) is 23.4. The number of hydrogen-bond acceptors (Lipinski definition) is 7. The molecule has 0 aliphatic carbocycles. The van der Waals surface area contributed by atoms with Gasteiger partial charge in [-0.2, -0.15) is 0 Å². The smallest absolute Gasteiger partial charge is 0.330 e. The fourth-order valence-corrected chi connectivity index (χ4v) is 3.65. The summed E-state index contributed by atoms with van der Waals surface area (Å²) in [7, 11) is 0. The molecule has 0 spiro atoms. The van der Waals surface area contributed by atoms with Gasteiger partial charge in [0.2, 0.25) is 5.91 Å². The lowest BCUT2D eigenvalue weighted by atomic mass is 10.2. The lowest BCUT2D eigenvalue weighted by Gasteiger charge is -2.24. The van der Waals surface area contributed by atoms with Gasteiger partial charge >= 0.3 is 5.69 Å². The molecule has 2 aromatic carbocycles. The molecule has 10 nitrogen and oxygen atoms in total. The third kappa shape index (κ3) is 4.84. The summed E-state index contributed by atoms with van der Waals surface area (Å²) in [4.78, 5) is 41.6. The Hall–Kier alpha value is -4.21. The van der Waals surface area contributed by atoms with Crippen LogP contribution in [0.1, 0.15) is 12.5 Å². The van der Waals surface area contributed by atoms with Crippen LogP contribution in [0, 0.1) is 0 Å². The summed E-state index contributed by atoms with van der Waals surface area (Å²) in [5.74, 6) is 0.823. The van der Waals surface area contributed by atoms with Crippen LogP contribution in [0.2, 0.25) is 0 Å². The van der Waals surface area contributed by atoms with Gasteiger partial charge in [0.25, 0.3) is 5.56 Å². The third-order valence-electron chi connectivity index (χ3n) is 5.26. The Bertz CT molecular complexity index is 1270. The summed E-state index contributed by atoms with van der Waals surface area (Å²) in [5.41, 5.74) is 6.46. The molecule has 0 radical (unpaired) electrons. The minimum atomic E-state index is -0.643. The van der Waals surface area contributed by atoms with Crippen molar-refractivity contribution in [2.45, 2.75) is 13.5 Å². The number of nitrogens with zero attached hydrogens (tertiary/aromatic N) is 2. The van der Waals surface area contributed by atoms with Gasteiger partial charge in [-0.25, -0.2) is 4.79 Å². The zero-order valence-electron chi connectivity index (χ0n) is 18.2. The van der Waals surface area contributed by atoms with Crippen LogP contribution in [0.5, 0.6) is 11.5 Å². The predicted molar refractivity (Wildman–Crippen MR) is 125 cm³/mol. The molecular weight excluding hydrogens is 426 g/mol. The second-order valence-corrected chi connectivity index (χ2v) is 7.49. The molecule has 4 N–H and O–H groups in total. The number of H-pyrrole nitrogens is 1. The summed E-state index contributed by atoms with van der Waals surface area (Å²) in [5, 5.41) is 2.79. The van der Waals surface area contributed by atoms with Gasteiger partial charge in [-0.05, 0) is 24.6 Å². The number of anilines is 3. The van der Waals surface area contributed by atoms with E-state index in [9.17, 15) is 14.4 Å². The van der Waals surface area contributed by atoms with E-state index in [0.29, 0.717) is 36.9 Å². The van der Waals surface area contributed by atoms with Crippen LogP contribution in [-0.2, 0) is 11.3 Å². The van der Waals surface area contributed by atoms with Gasteiger partial charge in [-0.15, -0.1) is 0 Å². The Labute approximate surface area is 189 Å². The summed E-state index contributed by atoms with van der Waals surface area (Å²) < 4.78 is 12.3. The average molecular weight is 451 g/mol. The number of aromatic nitrogens is 2. The van der Waals surface area contributed by atoms with E-state index in [1.54, 1.807) is 25.1 Å². The van der Waals surface area contributed by atoms with E-state index in [1.807, 2.05) is 30.3 Å². The number of benzene rings is 2. The Morgan fingerprint density at radius 2 is 1.85 bits per heavy atom. The average Bonchev–Trinajstić information content (AvgIpc) is 2.81. The number of carbonyl (C=O) groups excluding carboxylic acids is 1. The Balaban J connectivity index is 1.55. The number of aromatic amines is 1. The first-order valence-electron chi connectivity index (χ1n) is 10.6. The highest BCUT2D eigenvalue weighted by Gasteiger charge is 2.21. The van der Waals surface area contributed by atoms with Crippen LogP contribution < -0.4 is 36.7 Å². The monoisotopic (exact) mass is 451 g/mol. The van der Waals surface area contributed by atoms with Crippen molar-refractivity contribution in [3.8, 4) is 11.5 Å². The van der Waals surface area contributed by atoms with Gasteiger partial charge in [-0.1, -0.05) is 30.3 Å². The van der Waals surface area contributed by atoms with Crippen molar-refractivity contribution in [2.24, 2.45) is 0 Å². The highest BCUT2D eigenvalue weighted by Crippen LogP contribution is 2.32. The first kappa shape index (κ1) is 22.0. The van der Waals surface area contributed by atoms with Crippen LogP contribution in [0.4, 0.5) is 17.2 Å². The molecule has 0 saturated carbocycles. The number of likely N-dealkylation sites (N-methyl/N-ethyl adjacent to an activating group) is 1. The number of rotatable bonds is 7. The van der Waals surface area contributed by atoms with Crippen LogP contribution in [-0.4, -0.2) is 41.8 Å². The standard InChI is InChI=1S/C23H25N5O5/c1-2-27(14-19(29)25-16-8-9-17-18(12-16)33-11-10-32-17)20-21(24)28(23(31)26-22(20)30)13-15-6-4-3-5-7-15/h3-9,12H,2,10-11,13-14,24H2,1H3,(H,25,29)(H,26,30,31). The molecule has 1 aliphatic heterocycles. The Kier molecular flexibility index (Phi) is 6.34. The van der Waals surface area contributed by atoms with Gasteiger partial charge in [-0.3, -0.25) is 19.1 Å². The van der Waals surface area contributed by atoms with Crippen molar-refractivity contribution in [1.29, 1.82) is 0 Å². The fourth-order valence-electron chi connectivity index (χ4n) is 3.65. The van der Waals surface area contributed by atoms with E-state index in [0.717, 1.165) is 5.56 Å². The van der Waals surface area contributed by atoms with Gasteiger partial charge < -0.3 is 25.4 Å². The number of ether oxygens (including phenoxy) is 2. The number of nitrogens with one attached hydrogen (secondary N) is 2. The van der Waals surface area contributed by atoms with Crippen molar-refractivity contribution in [2.75, 3.05) is 42.3 Å². The van der Waals surface area contributed by atoms with E-state index in [1.165, 1.54) is 9.47 Å². The second kappa shape index (κ2) is 9.51. The van der Waals surface area contributed by atoms with Gasteiger partial charge in [0.15, 0.2) is 11.5 Å². The van der Waals surface area contributed by atoms with E-state index in [4.69, 9.17) is 15.2 Å². The van der Waals surface area contributed by atoms with Crippen molar-refractivity contribution in [3.63, 3.8) is 0 Å². The molecule has 2 heterocycles. The lowest BCUT2D eigenvalue weighted by Crippen LogP contribution is -2.41. The van der Waals surface area contributed by atoms with E-state index < -0.39 is 11.2 Å². The van der Waals surface area contributed by atoms with Crippen molar-refractivity contribution in [3.05, 3.63) is 74.9 Å². The Morgan fingerprint density at radius 3 is 2.58 bits per heavy atom. The molecule has 0 saturated heterocycles. The highest BCUT2D eigenvalue weighted by molar-refractivity contribution is 5.94.